The van der Waals surface area contributed by atoms with Crippen LogP contribution >= 0.6 is 0 Å². The van der Waals surface area contributed by atoms with Gasteiger partial charge in [-0.2, -0.15) is 0 Å². The van der Waals surface area contributed by atoms with Gasteiger partial charge in [0.2, 0.25) is 5.91 Å². The number of anilines is 3. The molecule has 7 nitrogen and oxygen atoms in total. The molecule has 0 bridgehead atoms. The van der Waals surface area contributed by atoms with Crippen LogP contribution in [0.1, 0.15) is 63.7 Å². The summed E-state index contributed by atoms with van der Waals surface area (Å²) in [5.41, 5.74) is 3.60. The Bertz CT molecular complexity index is 1110. The molecule has 1 N–H and O–H groups in total. The first kappa shape index (κ1) is 27.8. The zero-order valence-corrected chi connectivity index (χ0v) is 23.8. The van der Waals surface area contributed by atoms with E-state index in [9.17, 15) is 9.59 Å². The van der Waals surface area contributed by atoms with E-state index in [4.69, 9.17) is 4.74 Å². The summed E-state index contributed by atoms with van der Waals surface area (Å²) in [6.45, 7) is 13.6. The van der Waals surface area contributed by atoms with Crippen molar-refractivity contribution in [3.63, 3.8) is 0 Å². The van der Waals surface area contributed by atoms with Crippen LogP contribution in [0.15, 0.2) is 42.5 Å². The predicted molar refractivity (Wildman–Crippen MR) is 155 cm³/mol. The third kappa shape index (κ3) is 7.00. The molecule has 2 aromatic carbocycles. The minimum absolute atomic E-state index is 0.000468. The van der Waals surface area contributed by atoms with Gasteiger partial charge >= 0.3 is 0 Å². The van der Waals surface area contributed by atoms with E-state index < -0.39 is 0 Å². The fraction of sp³-hybridized carbons (Fsp3) is 0.548. The van der Waals surface area contributed by atoms with Crippen molar-refractivity contribution in [2.45, 2.75) is 53.4 Å². The van der Waals surface area contributed by atoms with E-state index in [1.165, 1.54) is 0 Å². The minimum Gasteiger partial charge on any atom is -0.495 e. The van der Waals surface area contributed by atoms with Gasteiger partial charge in [-0.3, -0.25) is 9.59 Å². The highest BCUT2D eigenvalue weighted by Crippen LogP contribution is 2.32. The number of nitrogens with one attached hydrogen (secondary N) is 1. The molecule has 0 spiro atoms. The van der Waals surface area contributed by atoms with Crippen LogP contribution in [0.25, 0.3) is 0 Å². The largest absolute Gasteiger partial charge is 0.495 e. The molecule has 2 saturated heterocycles. The second-order valence-electron chi connectivity index (χ2n) is 12.0. The Labute approximate surface area is 228 Å². The van der Waals surface area contributed by atoms with Crippen molar-refractivity contribution in [3.8, 4) is 5.75 Å². The van der Waals surface area contributed by atoms with Gasteiger partial charge < -0.3 is 24.8 Å². The molecule has 0 aromatic heterocycles. The van der Waals surface area contributed by atoms with Crippen LogP contribution in [-0.4, -0.2) is 63.1 Å². The SMILES string of the molecule is COc1ccccc1N1CCN(c2ccc(NC(=O)C[C@H](C)CC(C)(C)C)cc2C(=O)N2CCCC2)CC1. The Morgan fingerprint density at radius 2 is 1.55 bits per heavy atom. The summed E-state index contributed by atoms with van der Waals surface area (Å²) in [5, 5.41) is 3.07. The first-order valence-electron chi connectivity index (χ1n) is 14.0. The summed E-state index contributed by atoms with van der Waals surface area (Å²) in [6, 6.07) is 13.9. The molecule has 0 unspecified atom stereocenters. The van der Waals surface area contributed by atoms with Crippen molar-refractivity contribution in [2.24, 2.45) is 11.3 Å². The maximum absolute atomic E-state index is 13.6. The second kappa shape index (κ2) is 12.1. The zero-order valence-electron chi connectivity index (χ0n) is 23.8. The third-order valence-corrected chi connectivity index (χ3v) is 7.44. The van der Waals surface area contributed by atoms with E-state index in [0.717, 1.165) is 75.7 Å². The highest BCUT2D eigenvalue weighted by Gasteiger charge is 2.27. The number of benzene rings is 2. The fourth-order valence-electron chi connectivity index (χ4n) is 5.88. The van der Waals surface area contributed by atoms with E-state index in [-0.39, 0.29) is 17.2 Å². The number of hydrogen-bond acceptors (Lipinski definition) is 5. The lowest BCUT2D eigenvalue weighted by atomic mass is 9.84. The molecule has 0 radical (unpaired) electrons. The van der Waals surface area contributed by atoms with Crippen molar-refractivity contribution < 1.29 is 14.3 Å². The summed E-state index contributed by atoms with van der Waals surface area (Å²) in [5.74, 6) is 1.23. The molecular formula is C31H44N4O3. The molecule has 2 amide bonds. The molecule has 206 valence electrons. The van der Waals surface area contributed by atoms with Crippen LogP contribution in [0.4, 0.5) is 17.1 Å². The Hall–Kier alpha value is -3.22. The topological polar surface area (TPSA) is 65.1 Å². The molecule has 2 aliphatic heterocycles. The number of amides is 2. The molecule has 2 aromatic rings. The lowest BCUT2D eigenvalue weighted by Crippen LogP contribution is -2.47. The number of carbonyl (C=O) groups excluding carboxylic acids is 2. The Kier molecular flexibility index (Phi) is 8.85. The van der Waals surface area contributed by atoms with Crippen molar-refractivity contribution in [1.82, 2.24) is 4.90 Å². The number of likely N-dealkylation sites (tertiary alicyclic amines) is 1. The number of ether oxygens (including phenoxy) is 1. The van der Waals surface area contributed by atoms with E-state index in [2.05, 4.69) is 48.9 Å². The molecule has 7 heteroatoms. The summed E-state index contributed by atoms with van der Waals surface area (Å²) < 4.78 is 5.57. The summed E-state index contributed by atoms with van der Waals surface area (Å²) in [6.07, 6.45) is 3.54. The lowest BCUT2D eigenvalue weighted by molar-refractivity contribution is -0.117. The van der Waals surface area contributed by atoms with Crippen molar-refractivity contribution >= 4 is 28.9 Å². The molecule has 2 heterocycles. The molecule has 2 fully saturated rings. The van der Waals surface area contributed by atoms with Gasteiger partial charge in [0.05, 0.1) is 18.4 Å². The van der Waals surface area contributed by atoms with Gasteiger partial charge in [0, 0.05) is 57.1 Å². The van der Waals surface area contributed by atoms with Crippen molar-refractivity contribution in [1.29, 1.82) is 0 Å². The number of methoxy groups -OCH3 is 1. The van der Waals surface area contributed by atoms with E-state index in [0.29, 0.717) is 23.6 Å². The van der Waals surface area contributed by atoms with E-state index in [1.54, 1.807) is 7.11 Å². The number of hydrogen-bond donors (Lipinski definition) is 1. The van der Waals surface area contributed by atoms with Crippen LogP contribution in [0.3, 0.4) is 0 Å². The van der Waals surface area contributed by atoms with Gasteiger partial charge in [0.1, 0.15) is 5.75 Å². The second-order valence-corrected chi connectivity index (χ2v) is 12.0. The van der Waals surface area contributed by atoms with Crippen LogP contribution in [0, 0.1) is 11.3 Å². The number of piperazine rings is 1. The lowest BCUT2D eigenvalue weighted by Gasteiger charge is -2.38. The van der Waals surface area contributed by atoms with Gasteiger partial charge in [-0.15, -0.1) is 0 Å². The number of para-hydroxylation sites is 2. The highest BCUT2D eigenvalue weighted by atomic mass is 16.5. The van der Waals surface area contributed by atoms with Crippen molar-refractivity contribution in [2.75, 3.05) is 61.5 Å². The standard InChI is InChI=1S/C31H44N4O3/c1-23(22-31(2,3)4)20-29(36)32-24-12-13-26(25(21-24)30(37)35-14-8-9-15-35)33-16-18-34(19-17-33)27-10-6-7-11-28(27)38-5/h6-7,10-13,21,23H,8-9,14-20,22H2,1-5H3,(H,32,36)/t23-/m0/s1. The summed E-state index contributed by atoms with van der Waals surface area (Å²) >= 11 is 0. The zero-order chi connectivity index (χ0) is 27.3. The van der Waals surface area contributed by atoms with Gasteiger partial charge in [-0.1, -0.05) is 39.8 Å². The quantitative estimate of drug-likeness (QED) is 0.487. The number of carbonyl (C=O) groups is 2. The van der Waals surface area contributed by atoms with Crippen LogP contribution in [-0.2, 0) is 4.79 Å². The molecule has 0 aliphatic carbocycles. The average molecular weight is 521 g/mol. The van der Waals surface area contributed by atoms with Crippen LogP contribution < -0.4 is 19.9 Å². The Morgan fingerprint density at radius 3 is 2.18 bits per heavy atom. The number of nitrogens with zero attached hydrogens (tertiary/aromatic N) is 3. The molecule has 2 aliphatic rings. The average Bonchev–Trinajstić information content (AvgIpc) is 3.42. The van der Waals surface area contributed by atoms with Gasteiger partial charge in [0.15, 0.2) is 0 Å². The van der Waals surface area contributed by atoms with Crippen LogP contribution in [0.5, 0.6) is 5.75 Å². The predicted octanol–water partition coefficient (Wildman–Crippen LogP) is 5.66. The Morgan fingerprint density at radius 1 is 0.921 bits per heavy atom. The fourth-order valence-corrected chi connectivity index (χ4v) is 5.88. The normalized spacial score (nSPS) is 16.9. The molecule has 38 heavy (non-hydrogen) atoms. The monoisotopic (exact) mass is 520 g/mol. The van der Waals surface area contributed by atoms with Crippen LogP contribution in [0.2, 0.25) is 0 Å². The summed E-state index contributed by atoms with van der Waals surface area (Å²) in [4.78, 5) is 33.0. The maximum Gasteiger partial charge on any atom is 0.256 e. The number of rotatable bonds is 8. The minimum atomic E-state index is -0.000468. The van der Waals surface area contributed by atoms with E-state index in [1.807, 2.05) is 41.3 Å². The van der Waals surface area contributed by atoms with Gasteiger partial charge in [0.25, 0.3) is 5.91 Å². The molecular weight excluding hydrogens is 476 g/mol. The smallest absolute Gasteiger partial charge is 0.256 e. The maximum atomic E-state index is 13.6. The molecule has 0 saturated carbocycles. The molecule has 1 atom stereocenters. The van der Waals surface area contributed by atoms with Gasteiger partial charge in [-0.25, -0.2) is 0 Å². The third-order valence-electron chi connectivity index (χ3n) is 7.44. The first-order valence-corrected chi connectivity index (χ1v) is 14.0. The summed E-state index contributed by atoms with van der Waals surface area (Å²) in [7, 11) is 1.71. The Balaban J connectivity index is 1.50. The highest BCUT2D eigenvalue weighted by molar-refractivity contribution is 6.02. The first-order chi connectivity index (χ1) is 18.1. The van der Waals surface area contributed by atoms with E-state index >= 15 is 0 Å². The molecule has 4 rings (SSSR count). The van der Waals surface area contributed by atoms with Crippen molar-refractivity contribution in [3.05, 3.63) is 48.0 Å². The van der Waals surface area contributed by atoms with Gasteiger partial charge in [-0.05, 0) is 60.9 Å².